The first kappa shape index (κ1) is 15.1. The van der Waals surface area contributed by atoms with E-state index in [1.165, 1.54) is 17.3 Å². The molecule has 19 heavy (non-hydrogen) atoms. The van der Waals surface area contributed by atoms with E-state index in [2.05, 4.69) is 15.4 Å². The van der Waals surface area contributed by atoms with E-state index < -0.39 is 27.8 Å². The summed E-state index contributed by atoms with van der Waals surface area (Å²) in [6.45, 7) is -0.178. The van der Waals surface area contributed by atoms with Crippen LogP contribution in [0.4, 0.5) is 0 Å². The zero-order valence-electron chi connectivity index (χ0n) is 10.2. The van der Waals surface area contributed by atoms with E-state index in [1.54, 1.807) is 0 Å². The number of nitrogens with zero attached hydrogens (tertiary/aromatic N) is 3. The normalized spacial score (nSPS) is 12.9. The van der Waals surface area contributed by atoms with Gasteiger partial charge in [0.15, 0.2) is 0 Å². The molecular weight excluding hydrogens is 276 g/mol. The monoisotopic (exact) mass is 290 g/mol. The van der Waals surface area contributed by atoms with E-state index in [4.69, 9.17) is 5.11 Å². The Bertz CT molecular complexity index is 539. The molecule has 10 heteroatoms. The summed E-state index contributed by atoms with van der Waals surface area (Å²) < 4.78 is 23.2. The Balaban J connectivity index is 2.53. The van der Waals surface area contributed by atoms with Crippen molar-refractivity contribution in [2.75, 3.05) is 12.0 Å². The topological polar surface area (TPSA) is 131 Å². The number of carboxylic acids is 1. The molecule has 0 aromatic carbocycles. The van der Waals surface area contributed by atoms with Gasteiger partial charge in [0.25, 0.3) is 0 Å². The molecule has 1 atom stereocenters. The number of hydrogen-bond acceptors (Lipinski definition) is 6. The van der Waals surface area contributed by atoms with Crippen molar-refractivity contribution in [1.29, 1.82) is 0 Å². The number of carbonyl (C=O) groups excluding carboxylic acids is 1. The third-order valence-electron chi connectivity index (χ3n) is 2.18. The molecule has 1 amide bonds. The fourth-order valence-electron chi connectivity index (χ4n) is 1.29. The summed E-state index contributed by atoms with van der Waals surface area (Å²) in [5.41, 5.74) is 0. The van der Waals surface area contributed by atoms with Gasteiger partial charge in [0, 0.05) is 6.26 Å². The van der Waals surface area contributed by atoms with Gasteiger partial charge in [-0.1, -0.05) is 0 Å². The molecule has 0 saturated heterocycles. The van der Waals surface area contributed by atoms with E-state index in [0.717, 1.165) is 6.26 Å². The molecule has 1 unspecified atom stereocenters. The lowest BCUT2D eigenvalue weighted by Crippen LogP contribution is -2.43. The van der Waals surface area contributed by atoms with Crippen LogP contribution in [0.2, 0.25) is 0 Å². The van der Waals surface area contributed by atoms with Gasteiger partial charge in [0.1, 0.15) is 35.1 Å². The van der Waals surface area contributed by atoms with Gasteiger partial charge in [-0.2, -0.15) is 5.10 Å². The van der Waals surface area contributed by atoms with Crippen molar-refractivity contribution in [3.05, 3.63) is 12.7 Å². The third-order valence-corrected chi connectivity index (χ3v) is 3.16. The first-order valence-electron chi connectivity index (χ1n) is 5.30. The molecular formula is C9H14N4O5S. The van der Waals surface area contributed by atoms with Crippen molar-refractivity contribution in [1.82, 2.24) is 20.1 Å². The lowest BCUT2D eigenvalue weighted by atomic mass is 10.2. The van der Waals surface area contributed by atoms with Crippen LogP contribution in [0.3, 0.4) is 0 Å². The molecule has 1 rings (SSSR count). The number of carboxylic acid groups (broad SMARTS) is 1. The number of aromatic nitrogens is 3. The Labute approximate surface area is 109 Å². The predicted octanol–water partition coefficient (Wildman–Crippen LogP) is -1.72. The molecule has 0 aliphatic carbocycles. The summed E-state index contributed by atoms with van der Waals surface area (Å²) in [6.07, 6.45) is 3.37. The van der Waals surface area contributed by atoms with Gasteiger partial charge in [0.05, 0.1) is 5.75 Å². The average molecular weight is 290 g/mol. The highest BCUT2D eigenvalue weighted by atomic mass is 32.2. The van der Waals surface area contributed by atoms with Crippen LogP contribution in [0.25, 0.3) is 0 Å². The molecule has 106 valence electrons. The minimum Gasteiger partial charge on any atom is -0.480 e. The number of aliphatic carboxylic acids is 1. The lowest BCUT2D eigenvalue weighted by Gasteiger charge is -2.13. The van der Waals surface area contributed by atoms with E-state index in [-0.39, 0.29) is 18.7 Å². The molecule has 0 spiro atoms. The molecule has 0 aliphatic rings. The maximum Gasteiger partial charge on any atom is 0.326 e. The maximum atomic E-state index is 11.5. The molecule has 1 heterocycles. The largest absolute Gasteiger partial charge is 0.480 e. The number of carbonyl (C=O) groups is 2. The van der Waals surface area contributed by atoms with Crippen molar-refractivity contribution in [2.45, 2.75) is 19.0 Å². The molecule has 0 bridgehead atoms. The molecule has 2 N–H and O–H groups in total. The van der Waals surface area contributed by atoms with Crippen molar-refractivity contribution >= 4 is 21.7 Å². The summed E-state index contributed by atoms with van der Waals surface area (Å²) in [6, 6.07) is -1.24. The van der Waals surface area contributed by atoms with Crippen LogP contribution < -0.4 is 5.32 Å². The van der Waals surface area contributed by atoms with Gasteiger partial charge in [-0.25, -0.2) is 22.9 Å². The summed E-state index contributed by atoms with van der Waals surface area (Å²) in [7, 11) is -3.28. The molecule has 9 nitrogen and oxygen atoms in total. The standard InChI is InChI=1S/C9H14N4O5S/c1-19(17,18)3-2-7(9(15)16)12-8(14)4-13-6-10-5-11-13/h5-7H,2-4H2,1H3,(H,12,14)(H,15,16). The number of amides is 1. The summed E-state index contributed by atoms with van der Waals surface area (Å²) in [5, 5.41) is 14.8. The second-order valence-corrected chi connectivity index (χ2v) is 6.23. The van der Waals surface area contributed by atoms with Crippen molar-refractivity contribution in [3.63, 3.8) is 0 Å². The lowest BCUT2D eigenvalue weighted by molar-refractivity contribution is -0.142. The summed E-state index contributed by atoms with van der Waals surface area (Å²) in [5.74, 6) is -2.17. The summed E-state index contributed by atoms with van der Waals surface area (Å²) in [4.78, 5) is 26.1. The molecule has 0 aliphatic heterocycles. The zero-order valence-corrected chi connectivity index (χ0v) is 11.0. The Morgan fingerprint density at radius 1 is 1.47 bits per heavy atom. The maximum absolute atomic E-state index is 11.5. The number of rotatable bonds is 7. The van der Waals surface area contributed by atoms with Gasteiger partial charge >= 0.3 is 5.97 Å². The van der Waals surface area contributed by atoms with E-state index >= 15 is 0 Å². The van der Waals surface area contributed by atoms with Gasteiger partial charge in [-0.05, 0) is 6.42 Å². The fraction of sp³-hybridized carbons (Fsp3) is 0.556. The highest BCUT2D eigenvalue weighted by molar-refractivity contribution is 7.90. The SMILES string of the molecule is CS(=O)(=O)CCC(NC(=O)Cn1cncn1)C(=O)O. The zero-order chi connectivity index (χ0) is 14.5. The van der Waals surface area contributed by atoms with Crippen LogP contribution in [0, 0.1) is 0 Å². The summed E-state index contributed by atoms with van der Waals surface area (Å²) >= 11 is 0. The second-order valence-electron chi connectivity index (χ2n) is 3.97. The van der Waals surface area contributed by atoms with Gasteiger partial charge in [0.2, 0.25) is 5.91 Å². The molecule has 1 aromatic heterocycles. The molecule has 0 saturated carbocycles. The first-order chi connectivity index (χ1) is 8.78. The van der Waals surface area contributed by atoms with Crippen molar-refractivity contribution < 1.29 is 23.1 Å². The predicted molar refractivity (Wildman–Crippen MR) is 63.9 cm³/mol. The number of hydrogen-bond donors (Lipinski definition) is 2. The van der Waals surface area contributed by atoms with Crippen LogP contribution >= 0.6 is 0 Å². The van der Waals surface area contributed by atoms with E-state index in [1.807, 2.05) is 0 Å². The Morgan fingerprint density at radius 3 is 2.63 bits per heavy atom. The molecule has 0 fully saturated rings. The highest BCUT2D eigenvalue weighted by Gasteiger charge is 2.21. The van der Waals surface area contributed by atoms with Crippen molar-refractivity contribution in [2.24, 2.45) is 0 Å². The van der Waals surface area contributed by atoms with E-state index in [9.17, 15) is 18.0 Å². The molecule has 1 aromatic rings. The fourth-order valence-corrected chi connectivity index (χ4v) is 1.95. The first-order valence-corrected chi connectivity index (χ1v) is 7.36. The third kappa shape index (κ3) is 5.95. The molecule has 0 radical (unpaired) electrons. The van der Waals surface area contributed by atoms with Crippen LogP contribution in [0.5, 0.6) is 0 Å². The number of sulfone groups is 1. The van der Waals surface area contributed by atoms with E-state index in [0.29, 0.717) is 0 Å². The minimum absolute atomic E-state index is 0.178. The minimum atomic E-state index is -3.28. The van der Waals surface area contributed by atoms with Gasteiger partial charge in [-0.3, -0.25) is 4.79 Å². The smallest absolute Gasteiger partial charge is 0.326 e. The Morgan fingerprint density at radius 2 is 2.16 bits per heavy atom. The quantitative estimate of drug-likeness (QED) is 0.610. The Kier molecular flexibility index (Phi) is 4.98. The van der Waals surface area contributed by atoms with Crippen LogP contribution in [-0.4, -0.2) is 58.2 Å². The van der Waals surface area contributed by atoms with Crippen LogP contribution in [-0.2, 0) is 26.0 Å². The highest BCUT2D eigenvalue weighted by Crippen LogP contribution is 1.97. The number of nitrogens with one attached hydrogen (secondary N) is 1. The van der Waals surface area contributed by atoms with Crippen molar-refractivity contribution in [3.8, 4) is 0 Å². The average Bonchev–Trinajstić information content (AvgIpc) is 2.75. The van der Waals surface area contributed by atoms with Gasteiger partial charge in [-0.15, -0.1) is 0 Å². The van der Waals surface area contributed by atoms with Crippen LogP contribution in [0.15, 0.2) is 12.7 Å². The second kappa shape index (κ2) is 6.27. The van der Waals surface area contributed by atoms with Gasteiger partial charge < -0.3 is 10.4 Å². The van der Waals surface area contributed by atoms with Crippen LogP contribution in [0.1, 0.15) is 6.42 Å². The Hall–Kier alpha value is -1.97.